The van der Waals surface area contributed by atoms with Crippen LogP contribution in [0.15, 0.2) is 36.5 Å². The summed E-state index contributed by atoms with van der Waals surface area (Å²) >= 11 is 0. The molecule has 3 heterocycles. The van der Waals surface area contributed by atoms with Crippen molar-refractivity contribution in [3.05, 3.63) is 36.5 Å². The Balaban J connectivity index is 1.50. The van der Waals surface area contributed by atoms with Gasteiger partial charge in [0.05, 0.1) is 38.6 Å². The summed E-state index contributed by atoms with van der Waals surface area (Å²) in [5, 5.41) is 120. The molecular formula is C58H105NO18. The molecule has 17 unspecified atom stereocenters. The minimum absolute atomic E-state index is 0.238. The highest BCUT2D eigenvalue weighted by molar-refractivity contribution is 5.76. The maximum atomic E-state index is 13.3. The summed E-state index contributed by atoms with van der Waals surface area (Å²) in [5.74, 6) is -0.282. The van der Waals surface area contributed by atoms with E-state index < -0.39 is 124 Å². The van der Waals surface area contributed by atoms with Crippen LogP contribution in [0.1, 0.15) is 194 Å². The molecule has 0 aliphatic carbocycles. The molecule has 0 aromatic heterocycles. The van der Waals surface area contributed by atoms with Crippen LogP contribution in [0, 0.1) is 0 Å². The third-order valence-electron chi connectivity index (χ3n) is 14.9. The van der Waals surface area contributed by atoms with E-state index >= 15 is 0 Å². The molecule has 0 saturated carbocycles. The number of rotatable bonds is 43. The van der Waals surface area contributed by atoms with Gasteiger partial charge in [0, 0.05) is 6.42 Å². The average Bonchev–Trinajstić information content (AvgIpc) is 3.42. The van der Waals surface area contributed by atoms with Crippen LogP contribution in [0.25, 0.3) is 0 Å². The van der Waals surface area contributed by atoms with Gasteiger partial charge in [0.25, 0.3) is 0 Å². The molecular weight excluding hydrogens is 999 g/mol. The number of aliphatic hydroxyl groups is 11. The molecule has 77 heavy (non-hydrogen) atoms. The number of ether oxygens (including phenoxy) is 6. The third kappa shape index (κ3) is 26.2. The second-order valence-corrected chi connectivity index (χ2v) is 21.5. The van der Waals surface area contributed by atoms with Crippen molar-refractivity contribution in [2.24, 2.45) is 0 Å². The summed E-state index contributed by atoms with van der Waals surface area (Å²) < 4.78 is 34.2. The number of hydrogen-bond donors (Lipinski definition) is 12. The van der Waals surface area contributed by atoms with Gasteiger partial charge in [-0.15, -0.1) is 0 Å². The Morgan fingerprint density at radius 2 is 0.857 bits per heavy atom. The molecule has 0 aromatic rings. The number of allylic oxidation sites excluding steroid dienone is 5. The molecule has 0 bridgehead atoms. The molecule has 0 radical (unpaired) electrons. The van der Waals surface area contributed by atoms with Crippen LogP contribution in [0.4, 0.5) is 0 Å². The van der Waals surface area contributed by atoms with E-state index in [2.05, 4.69) is 43.5 Å². The van der Waals surface area contributed by atoms with Crippen molar-refractivity contribution < 1.29 is 89.4 Å². The fourth-order valence-electron chi connectivity index (χ4n) is 9.98. The van der Waals surface area contributed by atoms with E-state index in [1.807, 2.05) is 6.08 Å². The minimum atomic E-state index is -1.98. The van der Waals surface area contributed by atoms with Gasteiger partial charge in [-0.1, -0.05) is 172 Å². The van der Waals surface area contributed by atoms with Gasteiger partial charge in [0.2, 0.25) is 5.91 Å². The minimum Gasteiger partial charge on any atom is -0.394 e. The lowest BCUT2D eigenvalue weighted by molar-refractivity contribution is -0.379. The number of hydrogen-bond acceptors (Lipinski definition) is 18. The summed E-state index contributed by atoms with van der Waals surface area (Å²) in [4.78, 5) is 13.3. The first-order valence-electron chi connectivity index (χ1n) is 29.7. The van der Waals surface area contributed by atoms with E-state index in [-0.39, 0.29) is 18.9 Å². The molecule has 0 aromatic carbocycles. The van der Waals surface area contributed by atoms with Crippen LogP contribution in [0.5, 0.6) is 0 Å². The van der Waals surface area contributed by atoms with Gasteiger partial charge in [-0.2, -0.15) is 0 Å². The second-order valence-electron chi connectivity index (χ2n) is 21.5. The van der Waals surface area contributed by atoms with E-state index in [4.69, 9.17) is 28.4 Å². The number of nitrogens with one attached hydrogen (secondary N) is 1. The number of carbonyl (C=O) groups is 1. The fourth-order valence-corrected chi connectivity index (χ4v) is 9.98. The lowest BCUT2D eigenvalue weighted by Gasteiger charge is -2.48. The van der Waals surface area contributed by atoms with Crippen LogP contribution in [0.2, 0.25) is 0 Å². The Labute approximate surface area is 460 Å². The van der Waals surface area contributed by atoms with Crippen molar-refractivity contribution >= 4 is 5.91 Å². The van der Waals surface area contributed by atoms with E-state index in [0.29, 0.717) is 6.42 Å². The number of unbranched alkanes of at least 4 members (excludes halogenated alkanes) is 23. The molecule has 3 aliphatic heterocycles. The first-order chi connectivity index (χ1) is 37.3. The van der Waals surface area contributed by atoms with E-state index in [9.17, 15) is 61.0 Å². The lowest BCUT2D eigenvalue weighted by atomic mass is 9.96. The topological polar surface area (TPSA) is 307 Å². The first kappa shape index (κ1) is 69.3. The van der Waals surface area contributed by atoms with Crippen molar-refractivity contribution in [1.82, 2.24) is 5.32 Å². The van der Waals surface area contributed by atoms with Gasteiger partial charge in [-0.3, -0.25) is 4.79 Å². The molecule has 19 nitrogen and oxygen atoms in total. The highest BCUT2D eigenvalue weighted by atomic mass is 16.8. The standard InChI is InChI=1S/C58H105NO18/c1-3-5-7-9-11-13-15-17-18-19-20-21-22-24-26-28-30-32-34-36-46(64)59-41(42(63)35-33-31-29-27-25-23-16-14-12-10-8-6-4-2)40-72-56-52(70)49(67)54(44(38-61)74-56)77-58-53(71)50(68)55(45(39-62)75-58)76-57-51(69)48(66)47(65)43(37-60)73-57/h11,13,17-18,33,35,41-45,47-58,60-63,65-71H,3-10,12,14-16,19-32,34,36-40H2,1-2H3,(H,59,64)/b13-11-,18-17-,35-33+. The number of amides is 1. The smallest absolute Gasteiger partial charge is 0.220 e. The van der Waals surface area contributed by atoms with Gasteiger partial charge in [0.15, 0.2) is 18.9 Å². The summed E-state index contributed by atoms with van der Waals surface area (Å²) in [6.45, 7) is 1.68. The third-order valence-corrected chi connectivity index (χ3v) is 14.9. The van der Waals surface area contributed by atoms with Gasteiger partial charge in [-0.25, -0.2) is 0 Å². The number of aliphatic hydroxyl groups excluding tert-OH is 11. The Morgan fingerprint density at radius 1 is 0.468 bits per heavy atom. The van der Waals surface area contributed by atoms with Crippen LogP contribution < -0.4 is 5.32 Å². The number of carbonyl (C=O) groups excluding carboxylic acids is 1. The highest BCUT2D eigenvalue weighted by Crippen LogP contribution is 2.33. The van der Waals surface area contributed by atoms with Crippen LogP contribution in [0.3, 0.4) is 0 Å². The first-order valence-corrected chi connectivity index (χ1v) is 29.7. The zero-order valence-electron chi connectivity index (χ0n) is 46.7. The molecule has 0 spiro atoms. The summed E-state index contributed by atoms with van der Waals surface area (Å²) in [6, 6.07) is -0.973. The van der Waals surface area contributed by atoms with Crippen molar-refractivity contribution in [3.63, 3.8) is 0 Å². The Bertz CT molecular complexity index is 1550. The average molecular weight is 1100 g/mol. The van der Waals surface area contributed by atoms with Gasteiger partial charge in [0.1, 0.15) is 73.2 Å². The van der Waals surface area contributed by atoms with Gasteiger partial charge < -0.3 is 89.9 Å². The van der Waals surface area contributed by atoms with Crippen LogP contribution in [-0.2, 0) is 33.2 Å². The molecule has 1 amide bonds. The predicted octanol–water partition coefficient (Wildman–Crippen LogP) is 4.93. The Morgan fingerprint density at radius 3 is 1.35 bits per heavy atom. The largest absolute Gasteiger partial charge is 0.394 e. The molecule has 17 atom stereocenters. The van der Waals surface area contributed by atoms with Crippen molar-refractivity contribution in [2.75, 3.05) is 26.4 Å². The lowest BCUT2D eigenvalue weighted by Crippen LogP contribution is -2.66. The van der Waals surface area contributed by atoms with Crippen molar-refractivity contribution in [3.8, 4) is 0 Å². The molecule has 3 fully saturated rings. The summed E-state index contributed by atoms with van der Waals surface area (Å²) in [7, 11) is 0. The summed E-state index contributed by atoms with van der Waals surface area (Å²) in [6.07, 6.45) is 16.9. The maximum absolute atomic E-state index is 13.3. The zero-order chi connectivity index (χ0) is 56.2. The van der Waals surface area contributed by atoms with Crippen molar-refractivity contribution in [2.45, 2.75) is 298 Å². The van der Waals surface area contributed by atoms with Gasteiger partial charge >= 0.3 is 0 Å². The molecule has 12 N–H and O–H groups in total. The van der Waals surface area contributed by atoms with E-state index in [1.54, 1.807) is 6.08 Å². The van der Waals surface area contributed by atoms with Gasteiger partial charge in [-0.05, 0) is 51.4 Å². The SMILES string of the molecule is CCCCC/C=C\C/C=C\CCCCCCCCCCCC(=O)NC(COC1OC(CO)C(OC2OC(CO)C(OC3OC(CO)C(O)C(O)C3O)C(O)C2O)C(O)C1O)C(O)/C=C/CCCCCCCCCCCCC. The summed E-state index contributed by atoms with van der Waals surface area (Å²) in [5.41, 5.74) is 0. The predicted molar refractivity (Wildman–Crippen MR) is 291 cm³/mol. The van der Waals surface area contributed by atoms with E-state index in [0.717, 1.165) is 64.2 Å². The molecule has 3 aliphatic rings. The Hall–Kier alpha value is -1.99. The monoisotopic (exact) mass is 1100 g/mol. The van der Waals surface area contributed by atoms with Crippen LogP contribution >= 0.6 is 0 Å². The molecule has 19 heteroatoms. The second kappa shape index (κ2) is 41.9. The highest BCUT2D eigenvalue weighted by Gasteiger charge is 2.53. The zero-order valence-corrected chi connectivity index (χ0v) is 46.7. The fraction of sp³-hybridized carbons (Fsp3) is 0.879. The Kier molecular flexibility index (Phi) is 37.7. The molecule has 450 valence electrons. The maximum Gasteiger partial charge on any atom is 0.220 e. The quantitative estimate of drug-likeness (QED) is 0.0285. The van der Waals surface area contributed by atoms with E-state index in [1.165, 1.54) is 103 Å². The van der Waals surface area contributed by atoms with Crippen LogP contribution in [-0.4, -0.2) is 193 Å². The molecule has 3 saturated heterocycles. The van der Waals surface area contributed by atoms with Crippen molar-refractivity contribution in [1.29, 1.82) is 0 Å². The molecule has 3 rings (SSSR count). The normalized spacial score (nSPS) is 30.9.